The SMILES string of the molecule is COc1c(CCCO)ccc(C)c1Cl. The number of aliphatic hydroxyl groups is 1. The van der Waals surface area contributed by atoms with Gasteiger partial charge in [0.25, 0.3) is 0 Å². The number of rotatable bonds is 4. The number of halogens is 1. The predicted octanol–water partition coefficient (Wildman–Crippen LogP) is 2.58. The van der Waals surface area contributed by atoms with Gasteiger partial charge in [-0.3, -0.25) is 0 Å². The van der Waals surface area contributed by atoms with Crippen LogP contribution in [0.25, 0.3) is 0 Å². The molecule has 0 unspecified atom stereocenters. The van der Waals surface area contributed by atoms with Crippen molar-refractivity contribution in [1.82, 2.24) is 0 Å². The molecule has 14 heavy (non-hydrogen) atoms. The highest BCUT2D eigenvalue weighted by Crippen LogP contribution is 2.32. The summed E-state index contributed by atoms with van der Waals surface area (Å²) >= 11 is 6.09. The van der Waals surface area contributed by atoms with Crippen LogP contribution in [-0.2, 0) is 6.42 Å². The lowest BCUT2D eigenvalue weighted by atomic mass is 10.1. The fourth-order valence-corrected chi connectivity index (χ4v) is 1.64. The van der Waals surface area contributed by atoms with Crippen LogP contribution < -0.4 is 4.74 Å². The van der Waals surface area contributed by atoms with E-state index in [0.29, 0.717) is 5.02 Å². The van der Waals surface area contributed by atoms with Gasteiger partial charge in [-0.1, -0.05) is 23.7 Å². The van der Waals surface area contributed by atoms with Crippen molar-refractivity contribution in [1.29, 1.82) is 0 Å². The third-order valence-corrected chi connectivity index (χ3v) is 2.65. The van der Waals surface area contributed by atoms with E-state index in [9.17, 15) is 0 Å². The molecule has 0 atom stereocenters. The first-order valence-electron chi connectivity index (χ1n) is 4.63. The van der Waals surface area contributed by atoms with Crippen molar-refractivity contribution in [2.24, 2.45) is 0 Å². The Balaban J connectivity index is 2.98. The first-order valence-corrected chi connectivity index (χ1v) is 5.01. The summed E-state index contributed by atoms with van der Waals surface area (Å²) in [7, 11) is 1.61. The van der Waals surface area contributed by atoms with Gasteiger partial charge in [-0.25, -0.2) is 0 Å². The molecule has 78 valence electrons. The predicted molar refractivity (Wildman–Crippen MR) is 58.1 cm³/mol. The van der Waals surface area contributed by atoms with Crippen molar-refractivity contribution < 1.29 is 9.84 Å². The molecule has 1 aromatic carbocycles. The lowest BCUT2D eigenvalue weighted by Crippen LogP contribution is -1.96. The molecule has 0 aliphatic heterocycles. The van der Waals surface area contributed by atoms with E-state index in [1.54, 1.807) is 7.11 Å². The molecule has 1 rings (SSSR count). The standard InChI is InChI=1S/C11H15ClO2/c1-8-5-6-9(4-3-7-13)11(14-2)10(8)12/h5-6,13H,3-4,7H2,1-2H3. The summed E-state index contributed by atoms with van der Waals surface area (Å²) in [6.45, 7) is 2.13. The third-order valence-electron chi connectivity index (χ3n) is 2.18. The third kappa shape index (κ3) is 2.40. The Morgan fingerprint density at radius 2 is 2.14 bits per heavy atom. The molecule has 0 aliphatic carbocycles. The van der Waals surface area contributed by atoms with Crippen LogP contribution in [-0.4, -0.2) is 18.8 Å². The molecule has 2 nitrogen and oxygen atoms in total. The molecule has 0 aliphatic rings. The highest BCUT2D eigenvalue weighted by atomic mass is 35.5. The minimum Gasteiger partial charge on any atom is -0.495 e. The number of benzene rings is 1. The lowest BCUT2D eigenvalue weighted by Gasteiger charge is -2.11. The molecule has 1 N–H and O–H groups in total. The fourth-order valence-electron chi connectivity index (χ4n) is 1.38. The highest BCUT2D eigenvalue weighted by molar-refractivity contribution is 6.32. The summed E-state index contributed by atoms with van der Waals surface area (Å²) in [4.78, 5) is 0. The van der Waals surface area contributed by atoms with Crippen LogP contribution in [0.4, 0.5) is 0 Å². The smallest absolute Gasteiger partial charge is 0.140 e. The second-order valence-electron chi connectivity index (χ2n) is 3.22. The van der Waals surface area contributed by atoms with Gasteiger partial charge in [-0.05, 0) is 30.9 Å². The zero-order valence-corrected chi connectivity index (χ0v) is 9.27. The van der Waals surface area contributed by atoms with Crippen LogP contribution in [0.5, 0.6) is 5.75 Å². The van der Waals surface area contributed by atoms with Crippen LogP contribution in [0, 0.1) is 6.92 Å². The fraction of sp³-hybridized carbons (Fsp3) is 0.455. The van der Waals surface area contributed by atoms with E-state index in [-0.39, 0.29) is 6.61 Å². The lowest BCUT2D eigenvalue weighted by molar-refractivity contribution is 0.287. The van der Waals surface area contributed by atoms with Crippen LogP contribution in [0.15, 0.2) is 12.1 Å². The molecule has 1 aromatic rings. The Labute approximate surface area is 89.5 Å². The zero-order chi connectivity index (χ0) is 10.6. The number of aryl methyl sites for hydroxylation is 2. The maximum atomic E-state index is 8.74. The van der Waals surface area contributed by atoms with Gasteiger partial charge >= 0.3 is 0 Å². The minimum absolute atomic E-state index is 0.189. The average molecular weight is 215 g/mol. The van der Waals surface area contributed by atoms with E-state index in [4.69, 9.17) is 21.4 Å². The van der Waals surface area contributed by atoms with Gasteiger partial charge in [0.05, 0.1) is 12.1 Å². The van der Waals surface area contributed by atoms with Gasteiger partial charge in [0.15, 0.2) is 0 Å². The molecule has 3 heteroatoms. The van der Waals surface area contributed by atoms with E-state index in [2.05, 4.69) is 0 Å². The Kier molecular flexibility index (Phi) is 4.23. The van der Waals surface area contributed by atoms with Gasteiger partial charge in [-0.2, -0.15) is 0 Å². The topological polar surface area (TPSA) is 29.5 Å². The van der Waals surface area contributed by atoms with Crippen molar-refractivity contribution in [3.63, 3.8) is 0 Å². The van der Waals surface area contributed by atoms with Crippen LogP contribution in [0.1, 0.15) is 17.5 Å². The molecular formula is C11H15ClO2. The van der Waals surface area contributed by atoms with E-state index < -0.39 is 0 Å². The summed E-state index contributed by atoms with van der Waals surface area (Å²) in [6, 6.07) is 3.97. The summed E-state index contributed by atoms with van der Waals surface area (Å²) in [5.41, 5.74) is 2.06. The summed E-state index contributed by atoms with van der Waals surface area (Å²) < 4.78 is 5.24. The molecule has 0 heterocycles. The quantitative estimate of drug-likeness (QED) is 0.835. The molecule has 0 radical (unpaired) electrons. The second kappa shape index (κ2) is 5.23. The van der Waals surface area contributed by atoms with E-state index >= 15 is 0 Å². The average Bonchev–Trinajstić information content (AvgIpc) is 2.20. The number of hydrogen-bond donors (Lipinski definition) is 1. The Morgan fingerprint density at radius 1 is 1.43 bits per heavy atom. The Hall–Kier alpha value is -0.730. The Morgan fingerprint density at radius 3 is 2.71 bits per heavy atom. The van der Waals surface area contributed by atoms with Gasteiger partial charge < -0.3 is 9.84 Å². The molecule has 0 fully saturated rings. The first-order chi connectivity index (χ1) is 6.70. The number of hydrogen-bond acceptors (Lipinski definition) is 2. The van der Waals surface area contributed by atoms with Crippen LogP contribution in [0.3, 0.4) is 0 Å². The molecule has 0 spiro atoms. The largest absolute Gasteiger partial charge is 0.495 e. The molecule has 0 amide bonds. The van der Waals surface area contributed by atoms with E-state index in [1.165, 1.54) is 0 Å². The normalized spacial score (nSPS) is 10.3. The van der Waals surface area contributed by atoms with Crippen molar-refractivity contribution in [2.75, 3.05) is 13.7 Å². The van der Waals surface area contributed by atoms with E-state index in [1.807, 2.05) is 19.1 Å². The van der Waals surface area contributed by atoms with E-state index in [0.717, 1.165) is 29.7 Å². The maximum absolute atomic E-state index is 8.74. The number of ether oxygens (including phenoxy) is 1. The molecule has 0 aromatic heterocycles. The summed E-state index contributed by atoms with van der Waals surface area (Å²) in [6.07, 6.45) is 1.52. The second-order valence-corrected chi connectivity index (χ2v) is 3.59. The molecule has 0 bridgehead atoms. The first kappa shape index (κ1) is 11.3. The molecular weight excluding hydrogens is 200 g/mol. The van der Waals surface area contributed by atoms with Crippen molar-refractivity contribution in [3.8, 4) is 5.75 Å². The zero-order valence-electron chi connectivity index (χ0n) is 8.51. The maximum Gasteiger partial charge on any atom is 0.140 e. The van der Waals surface area contributed by atoms with Crippen molar-refractivity contribution in [3.05, 3.63) is 28.3 Å². The van der Waals surface area contributed by atoms with Gasteiger partial charge in [0.1, 0.15) is 5.75 Å². The van der Waals surface area contributed by atoms with Gasteiger partial charge in [0.2, 0.25) is 0 Å². The molecule has 0 saturated carbocycles. The Bertz CT molecular complexity index is 310. The van der Waals surface area contributed by atoms with Gasteiger partial charge in [-0.15, -0.1) is 0 Å². The highest BCUT2D eigenvalue weighted by Gasteiger charge is 2.09. The van der Waals surface area contributed by atoms with Crippen LogP contribution >= 0.6 is 11.6 Å². The number of aliphatic hydroxyl groups excluding tert-OH is 1. The number of methoxy groups -OCH3 is 1. The summed E-state index contributed by atoms with van der Waals surface area (Å²) in [5.74, 6) is 0.736. The van der Waals surface area contributed by atoms with Crippen LogP contribution in [0.2, 0.25) is 5.02 Å². The monoisotopic (exact) mass is 214 g/mol. The van der Waals surface area contributed by atoms with Crippen molar-refractivity contribution >= 4 is 11.6 Å². The molecule has 0 saturated heterocycles. The summed E-state index contributed by atoms with van der Waals surface area (Å²) in [5, 5.41) is 9.41. The minimum atomic E-state index is 0.189. The van der Waals surface area contributed by atoms with Crippen molar-refractivity contribution in [2.45, 2.75) is 19.8 Å². The van der Waals surface area contributed by atoms with Gasteiger partial charge in [0, 0.05) is 6.61 Å².